The highest BCUT2D eigenvalue weighted by Gasteiger charge is 2.30. The minimum Gasteiger partial charge on any atom is -0.480 e. The molecule has 1 unspecified atom stereocenters. The van der Waals surface area contributed by atoms with Crippen molar-refractivity contribution in [3.05, 3.63) is 45.8 Å². The molecule has 0 radical (unpaired) electrons. The van der Waals surface area contributed by atoms with Crippen molar-refractivity contribution >= 4 is 5.97 Å². The molecule has 6 heteroatoms. The van der Waals surface area contributed by atoms with Gasteiger partial charge in [-0.1, -0.05) is 29.4 Å². The van der Waals surface area contributed by atoms with E-state index in [0.29, 0.717) is 25.4 Å². The number of carbonyl (C=O) groups is 1. The Bertz CT molecular complexity index is 522. The molecule has 0 spiro atoms. The van der Waals surface area contributed by atoms with E-state index >= 15 is 0 Å². The number of benzene rings is 1. The van der Waals surface area contributed by atoms with Crippen molar-refractivity contribution in [3.63, 3.8) is 0 Å². The standard InChI is InChI=1S/C14H18N4O2/c15-18-17-9-3-8-16-13(14(19)20)12-5-2-1-4-11(12)10-6-7-10/h1-2,4-5,10,13,16H,3,6-9H2,(H,19,20). The van der Waals surface area contributed by atoms with Gasteiger partial charge in [0.2, 0.25) is 0 Å². The summed E-state index contributed by atoms with van der Waals surface area (Å²) in [5.41, 5.74) is 10.2. The lowest BCUT2D eigenvalue weighted by Gasteiger charge is -2.18. The second-order valence-corrected chi connectivity index (χ2v) is 4.94. The lowest BCUT2D eigenvalue weighted by atomic mass is 9.97. The molecule has 1 aromatic carbocycles. The van der Waals surface area contributed by atoms with E-state index < -0.39 is 12.0 Å². The minimum atomic E-state index is -0.873. The minimum absolute atomic E-state index is 0.375. The molecule has 1 aliphatic rings. The second kappa shape index (κ2) is 6.93. The maximum absolute atomic E-state index is 11.5. The molecular formula is C14H18N4O2. The van der Waals surface area contributed by atoms with E-state index in [0.717, 1.165) is 24.0 Å². The second-order valence-electron chi connectivity index (χ2n) is 4.94. The predicted octanol–water partition coefficient (Wildman–Crippen LogP) is 2.98. The monoisotopic (exact) mass is 274 g/mol. The first-order valence-corrected chi connectivity index (χ1v) is 6.80. The zero-order valence-corrected chi connectivity index (χ0v) is 11.2. The number of nitrogens with zero attached hydrogens (tertiary/aromatic N) is 3. The smallest absolute Gasteiger partial charge is 0.325 e. The summed E-state index contributed by atoms with van der Waals surface area (Å²) >= 11 is 0. The zero-order valence-electron chi connectivity index (χ0n) is 11.2. The fourth-order valence-corrected chi connectivity index (χ4v) is 2.31. The summed E-state index contributed by atoms with van der Waals surface area (Å²) < 4.78 is 0. The summed E-state index contributed by atoms with van der Waals surface area (Å²) in [7, 11) is 0. The summed E-state index contributed by atoms with van der Waals surface area (Å²) in [5.74, 6) is -0.361. The Balaban J connectivity index is 2.04. The maximum Gasteiger partial charge on any atom is 0.325 e. The SMILES string of the molecule is [N-]=[N+]=NCCCNC(C(=O)O)c1ccccc1C1CC1. The fourth-order valence-electron chi connectivity index (χ4n) is 2.31. The van der Waals surface area contributed by atoms with E-state index in [9.17, 15) is 9.90 Å². The van der Waals surface area contributed by atoms with Crippen LogP contribution in [0.25, 0.3) is 10.4 Å². The molecule has 0 bridgehead atoms. The van der Waals surface area contributed by atoms with Gasteiger partial charge in [-0.15, -0.1) is 0 Å². The number of azide groups is 1. The first-order valence-electron chi connectivity index (χ1n) is 6.80. The van der Waals surface area contributed by atoms with Crippen molar-refractivity contribution in [3.8, 4) is 0 Å². The number of carboxylic acids is 1. The van der Waals surface area contributed by atoms with E-state index in [1.54, 1.807) is 0 Å². The van der Waals surface area contributed by atoms with Crippen LogP contribution in [0.4, 0.5) is 0 Å². The van der Waals surface area contributed by atoms with Gasteiger partial charge in [-0.25, -0.2) is 0 Å². The van der Waals surface area contributed by atoms with Gasteiger partial charge in [0.05, 0.1) is 0 Å². The van der Waals surface area contributed by atoms with Crippen molar-refractivity contribution < 1.29 is 9.90 Å². The number of nitrogens with one attached hydrogen (secondary N) is 1. The number of carboxylic acid groups (broad SMARTS) is 1. The average Bonchev–Trinajstić information content (AvgIpc) is 3.27. The van der Waals surface area contributed by atoms with Crippen LogP contribution in [0.5, 0.6) is 0 Å². The van der Waals surface area contributed by atoms with E-state index in [2.05, 4.69) is 15.3 Å². The Morgan fingerprint density at radius 3 is 2.90 bits per heavy atom. The van der Waals surface area contributed by atoms with Crippen molar-refractivity contribution in [1.82, 2.24) is 5.32 Å². The summed E-state index contributed by atoms with van der Waals surface area (Å²) in [6.45, 7) is 0.884. The van der Waals surface area contributed by atoms with Crippen LogP contribution >= 0.6 is 0 Å². The van der Waals surface area contributed by atoms with E-state index in [1.165, 1.54) is 0 Å². The van der Waals surface area contributed by atoms with E-state index in [4.69, 9.17) is 5.53 Å². The fraction of sp³-hybridized carbons (Fsp3) is 0.500. The average molecular weight is 274 g/mol. The molecule has 1 fully saturated rings. The Labute approximate surface area is 117 Å². The number of hydrogen-bond donors (Lipinski definition) is 2. The van der Waals surface area contributed by atoms with Crippen molar-refractivity contribution in [1.29, 1.82) is 0 Å². The molecule has 106 valence electrons. The van der Waals surface area contributed by atoms with E-state index in [1.807, 2.05) is 24.3 Å². The molecule has 6 nitrogen and oxygen atoms in total. The highest BCUT2D eigenvalue weighted by molar-refractivity contribution is 5.76. The third-order valence-corrected chi connectivity index (χ3v) is 3.42. The van der Waals surface area contributed by atoms with Gasteiger partial charge in [0.1, 0.15) is 6.04 Å². The molecular weight excluding hydrogens is 256 g/mol. The van der Waals surface area contributed by atoms with Gasteiger partial charge in [0.15, 0.2) is 0 Å². The van der Waals surface area contributed by atoms with Crippen molar-refractivity contribution in [2.75, 3.05) is 13.1 Å². The van der Waals surface area contributed by atoms with Crippen molar-refractivity contribution in [2.45, 2.75) is 31.2 Å². The zero-order chi connectivity index (χ0) is 14.4. The topological polar surface area (TPSA) is 98.1 Å². The van der Waals surface area contributed by atoms with Gasteiger partial charge in [-0.2, -0.15) is 0 Å². The molecule has 0 saturated heterocycles. The van der Waals surface area contributed by atoms with Crippen LogP contribution in [0, 0.1) is 0 Å². The number of aliphatic carboxylic acids is 1. The molecule has 1 aromatic rings. The molecule has 20 heavy (non-hydrogen) atoms. The summed E-state index contributed by atoms with van der Waals surface area (Å²) in [4.78, 5) is 14.1. The molecule has 2 rings (SSSR count). The molecule has 1 atom stereocenters. The van der Waals surface area contributed by atoms with E-state index in [-0.39, 0.29) is 0 Å². The summed E-state index contributed by atoms with van der Waals surface area (Å²) in [6, 6.07) is 7.03. The molecule has 2 N–H and O–H groups in total. The van der Waals surface area contributed by atoms with Crippen LogP contribution in [0.3, 0.4) is 0 Å². The van der Waals surface area contributed by atoms with Crippen LogP contribution in [-0.2, 0) is 4.79 Å². The van der Waals surface area contributed by atoms with Gasteiger partial charge in [-0.05, 0) is 48.4 Å². The lowest BCUT2D eigenvalue weighted by Crippen LogP contribution is -2.30. The Morgan fingerprint density at radius 2 is 2.25 bits per heavy atom. The normalized spacial score (nSPS) is 15.4. The van der Waals surface area contributed by atoms with Crippen LogP contribution < -0.4 is 5.32 Å². The Morgan fingerprint density at radius 1 is 1.50 bits per heavy atom. The molecule has 1 saturated carbocycles. The van der Waals surface area contributed by atoms with Crippen LogP contribution in [-0.4, -0.2) is 24.2 Å². The Kier molecular flexibility index (Phi) is 4.98. The number of hydrogen-bond acceptors (Lipinski definition) is 3. The first kappa shape index (κ1) is 14.4. The van der Waals surface area contributed by atoms with Crippen LogP contribution in [0.1, 0.15) is 42.3 Å². The summed E-state index contributed by atoms with van der Waals surface area (Å²) in [6.07, 6.45) is 2.90. The highest BCUT2D eigenvalue weighted by Crippen LogP contribution is 2.42. The van der Waals surface area contributed by atoms with Gasteiger partial charge in [-0.3, -0.25) is 4.79 Å². The maximum atomic E-state index is 11.5. The predicted molar refractivity (Wildman–Crippen MR) is 75.4 cm³/mol. The summed E-state index contributed by atoms with van der Waals surface area (Å²) in [5, 5.41) is 15.9. The molecule has 0 amide bonds. The van der Waals surface area contributed by atoms with Gasteiger partial charge < -0.3 is 10.4 Å². The van der Waals surface area contributed by atoms with Gasteiger partial charge >= 0.3 is 5.97 Å². The third kappa shape index (κ3) is 3.73. The quantitative estimate of drug-likeness (QED) is 0.330. The highest BCUT2D eigenvalue weighted by atomic mass is 16.4. The largest absolute Gasteiger partial charge is 0.480 e. The molecule has 0 aromatic heterocycles. The van der Waals surface area contributed by atoms with Crippen LogP contribution in [0.2, 0.25) is 0 Å². The van der Waals surface area contributed by atoms with Crippen LogP contribution in [0.15, 0.2) is 29.4 Å². The lowest BCUT2D eigenvalue weighted by molar-refractivity contribution is -0.139. The molecule has 0 aliphatic heterocycles. The third-order valence-electron chi connectivity index (χ3n) is 3.42. The number of rotatable bonds is 8. The van der Waals surface area contributed by atoms with Gasteiger partial charge in [0, 0.05) is 11.5 Å². The first-order chi connectivity index (χ1) is 9.74. The molecule has 1 aliphatic carbocycles. The van der Waals surface area contributed by atoms with Gasteiger partial charge in [0.25, 0.3) is 0 Å². The molecule has 0 heterocycles. The Hall–Kier alpha value is -2.04. The van der Waals surface area contributed by atoms with Crippen molar-refractivity contribution in [2.24, 2.45) is 5.11 Å².